The first-order valence-corrected chi connectivity index (χ1v) is 4.65. The summed E-state index contributed by atoms with van der Waals surface area (Å²) in [4.78, 5) is 0. The minimum Gasteiger partial charge on any atom is -0.411 e. The molecular weight excluding hydrogens is 150 g/mol. The van der Waals surface area contributed by atoms with Crippen molar-refractivity contribution in [2.75, 3.05) is 0 Å². The SMILES string of the molecule is CCCC(C)C(=NO)C(C)(C)C. The van der Waals surface area contributed by atoms with Crippen molar-refractivity contribution in [3.63, 3.8) is 0 Å². The summed E-state index contributed by atoms with van der Waals surface area (Å²) >= 11 is 0. The second-order valence-corrected chi connectivity index (χ2v) is 4.42. The van der Waals surface area contributed by atoms with Gasteiger partial charge >= 0.3 is 0 Å². The van der Waals surface area contributed by atoms with Crippen LogP contribution in [0.25, 0.3) is 0 Å². The van der Waals surface area contributed by atoms with Gasteiger partial charge in [0, 0.05) is 5.41 Å². The van der Waals surface area contributed by atoms with Crippen molar-refractivity contribution in [3.05, 3.63) is 0 Å². The fraction of sp³-hybridized carbons (Fsp3) is 0.900. The Bertz CT molecular complexity index is 156. The molecule has 0 radical (unpaired) electrons. The number of hydrogen-bond acceptors (Lipinski definition) is 2. The lowest BCUT2D eigenvalue weighted by atomic mass is 9.81. The molecule has 12 heavy (non-hydrogen) atoms. The molecule has 0 aromatic heterocycles. The standard InChI is InChI=1S/C10H21NO/c1-6-7-8(2)9(11-12)10(3,4)5/h8,12H,6-7H2,1-5H3. The average molecular weight is 171 g/mol. The smallest absolute Gasteiger partial charge is 0.0652 e. The van der Waals surface area contributed by atoms with Crippen LogP contribution in [0.15, 0.2) is 5.16 Å². The third-order valence-electron chi connectivity index (χ3n) is 2.06. The molecule has 0 amide bonds. The summed E-state index contributed by atoms with van der Waals surface area (Å²) in [7, 11) is 0. The van der Waals surface area contributed by atoms with Crippen molar-refractivity contribution in [3.8, 4) is 0 Å². The van der Waals surface area contributed by atoms with Gasteiger partial charge in [0.15, 0.2) is 0 Å². The Hall–Kier alpha value is -0.530. The summed E-state index contributed by atoms with van der Waals surface area (Å²) in [5, 5.41) is 12.2. The third-order valence-corrected chi connectivity index (χ3v) is 2.06. The van der Waals surface area contributed by atoms with E-state index in [0.29, 0.717) is 5.92 Å². The minimum atomic E-state index is -0.0106. The van der Waals surface area contributed by atoms with E-state index >= 15 is 0 Å². The summed E-state index contributed by atoms with van der Waals surface area (Å²) < 4.78 is 0. The van der Waals surface area contributed by atoms with Gasteiger partial charge in [-0.3, -0.25) is 0 Å². The van der Waals surface area contributed by atoms with Crippen molar-refractivity contribution in [2.24, 2.45) is 16.5 Å². The highest BCUT2D eigenvalue weighted by atomic mass is 16.4. The van der Waals surface area contributed by atoms with Crippen molar-refractivity contribution in [2.45, 2.75) is 47.5 Å². The lowest BCUT2D eigenvalue weighted by Crippen LogP contribution is -2.27. The highest BCUT2D eigenvalue weighted by Crippen LogP contribution is 2.24. The van der Waals surface area contributed by atoms with Crippen LogP contribution in [0.1, 0.15) is 47.5 Å². The zero-order valence-electron chi connectivity index (χ0n) is 8.89. The van der Waals surface area contributed by atoms with Crippen LogP contribution in [0.2, 0.25) is 0 Å². The molecule has 0 aliphatic heterocycles. The van der Waals surface area contributed by atoms with E-state index in [9.17, 15) is 0 Å². The molecule has 2 heteroatoms. The molecule has 0 bridgehead atoms. The Morgan fingerprint density at radius 2 is 1.92 bits per heavy atom. The monoisotopic (exact) mass is 171 g/mol. The normalized spacial score (nSPS) is 16.2. The fourth-order valence-corrected chi connectivity index (χ4v) is 1.56. The van der Waals surface area contributed by atoms with Gasteiger partial charge in [0.1, 0.15) is 0 Å². The lowest BCUT2D eigenvalue weighted by Gasteiger charge is -2.24. The average Bonchev–Trinajstić information content (AvgIpc) is 1.85. The Morgan fingerprint density at radius 3 is 2.17 bits per heavy atom. The van der Waals surface area contributed by atoms with Crippen LogP contribution in [-0.4, -0.2) is 10.9 Å². The number of oxime groups is 1. The van der Waals surface area contributed by atoms with Gasteiger partial charge in [0.2, 0.25) is 0 Å². The van der Waals surface area contributed by atoms with Crippen LogP contribution < -0.4 is 0 Å². The molecule has 1 N–H and O–H groups in total. The molecule has 1 unspecified atom stereocenters. The van der Waals surface area contributed by atoms with E-state index in [4.69, 9.17) is 5.21 Å². The third kappa shape index (κ3) is 3.24. The topological polar surface area (TPSA) is 32.6 Å². The molecule has 2 nitrogen and oxygen atoms in total. The summed E-state index contributed by atoms with van der Waals surface area (Å²) in [5.74, 6) is 0.389. The zero-order valence-corrected chi connectivity index (χ0v) is 8.89. The minimum absolute atomic E-state index is 0.0106. The molecule has 0 fully saturated rings. The first kappa shape index (κ1) is 11.5. The largest absolute Gasteiger partial charge is 0.411 e. The Labute approximate surface area is 75.7 Å². The van der Waals surface area contributed by atoms with E-state index < -0.39 is 0 Å². The van der Waals surface area contributed by atoms with Gasteiger partial charge in [-0.2, -0.15) is 0 Å². The summed E-state index contributed by atoms with van der Waals surface area (Å²) in [5.41, 5.74) is 0.896. The molecule has 0 saturated heterocycles. The second kappa shape index (κ2) is 4.48. The summed E-state index contributed by atoms with van der Waals surface area (Å²) in [6, 6.07) is 0. The highest BCUT2D eigenvalue weighted by Gasteiger charge is 2.24. The van der Waals surface area contributed by atoms with E-state index in [1.807, 2.05) is 0 Å². The van der Waals surface area contributed by atoms with Gasteiger partial charge in [-0.25, -0.2) is 0 Å². The fourth-order valence-electron chi connectivity index (χ4n) is 1.56. The maximum atomic E-state index is 8.85. The van der Waals surface area contributed by atoms with Crippen LogP contribution in [0.4, 0.5) is 0 Å². The number of nitrogens with zero attached hydrogens (tertiary/aromatic N) is 1. The van der Waals surface area contributed by atoms with E-state index in [-0.39, 0.29) is 5.41 Å². The van der Waals surface area contributed by atoms with Gasteiger partial charge in [-0.05, 0) is 12.3 Å². The molecule has 0 heterocycles. The Balaban J connectivity index is 4.37. The van der Waals surface area contributed by atoms with E-state index in [0.717, 1.165) is 18.6 Å². The molecule has 0 aliphatic rings. The van der Waals surface area contributed by atoms with Crippen LogP contribution in [0.3, 0.4) is 0 Å². The highest BCUT2D eigenvalue weighted by molar-refractivity contribution is 5.90. The molecule has 0 rings (SSSR count). The predicted molar refractivity (Wildman–Crippen MR) is 52.7 cm³/mol. The zero-order chi connectivity index (χ0) is 9.78. The Morgan fingerprint density at radius 1 is 1.42 bits per heavy atom. The molecule has 0 aliphatic carbocycles. The van der Waals surface area contributed by atoms with Gasteiger partial charge in [-0.15, -0.1) is 0 Å². The van der Waals surface area contributed by atoms with Gasteiger partial charge in [-0.1, -0.05) is 46.2 Å². The van der Waals surface area contributed by atoms with E-state index in [2.05, 4.69) is 39.8 Å². The maximum Gasteiger partial charge on any atom is 0.0652 e. The number of hydrogen-bond donors (Lipinski definition) is 1. The quantitative estimate of drug-likeness (QED) is 0.394. The molecular formula is C10H21NO. The maximum absolute atomic E-state index is 8.85. The first-order valence-electron chi connectivity index (χ1n) is 4.65. The van der Waals surface area contributed by atoms with Gasteiger partial charge in [0.25, 0.3) is 0 Å². The number of rotatable bonds is 3. The van der Waals surface area contributed by atoms with E-state index in [1.54, 1.807) is 0 Å². The molecule has 0 aromatic rings. The molecule has 0 spiro atoms. The molecule has 1 atom stereocenters. The molecule has 0 saturated carbocycles. The second-order valence-electron chi connectivity index (χ2n) is 4.42. The molecule has 0 aromatic carbocycles. The molecule has 72 valence electrons. The van der Waals surface area contributed by atoms with Crippen LogP contribution in [0.5, 0.6) is 0 Å². The van der Waals surface area contributed by atoms with Crippen molar-refractivity contribution in [1.82, 2.24) is 0 Å². The van der Waals surface area contributed by atoms with Crippen LogP contribution in [0, 0.1) is 11.3 Å². The predicted octanol–water partition coefficient (Wildman–Crippen LogP) is 3.30. The van der Waals surface area contributed by atoms with Gasteiger partial charge < -0.3 is 5.21 Å². The van der Waals surface area contributed by atoms with Crippen molar-refractivity contribution >= 4 is 5.71 Å². The summed E-state index contributed by atoms with van der Waals surface area (Å²) in [6.45, 7) is 10.5. The van der Waals surface area contributed by atoms with Crippen LogP contribution in [-0.2, 0) is 0 Å². The van der Waals surface area contributed by atoms with Crippen molar-refractivity contribution in [1.29, 1.82) is 0 Å². The van der Waals surface area contributed by atoms with Crippen LogP contribution >= 0.6 is 0 Å². The van der Waals surface area contributed by atoms with E-state index in [1.165, 1.54) is 0 Å². The first-order chi connectivity index (χ1) is 5.43. The van der Waals surface area contributed by atoms with Gasteiger partial charge in [0.05, 0.1) is 5.71 Å². The summed E-state index contributed by atoms with van der Waals surface area (Å²) in [6.07, 6.45) is 2.23. The Kier molecular flexibility index (Phi) is 4.29. The lowest BCUT2D eigenvalue weighted by molar-refractivity contribution is 0.304. The van der Waals surface area contributed by atoms with Crippen molar-refractivity contribution < 1.29 is 5.21 Å².